The zero-order valence-electron chi connectivity index (χ0n) is 23.3. The molecule has 0 saturated carbocycles. The number of anilines is 1. The largest absolute Gasteiger partial charge is 0.489 e. The van der Waals surface area contributed by atoms with Gasteiger partial charge in [-0.1, -0.05) is 60.1 Å². The molecular weight excluding hydrogens is 484 g/mol. The molecule has 0 radical (unpaired) electrons. The van der Waals surface area contributed by atoms with Crippen LogP contribution in [0.3, 0.4) is 0 Å². The van der Waals surface area contributed by atoms with Gasteiger partial charge in [0, 0.05) is 43.5 Å². The summed E-state index contributed by atoms with van der Waals surface area (Å²) < 4.78 is 11.6. The molecule has 0 N–H and O–H groups in total. The molecule has 0 amide bonds. The maximum Gasteiger partial charge on any atom is 0.151 e. The van der Waals surface area contributed by atoms with Crippen molar-refractivity contribution in [3.05, 3.63) is 102 Å². The van der Waals surface area contributed by atoms with Crippen molar-refractivity contribution in [1.29, 1.82) is 0 Å². The third kappa shape index (κ3) is 7.71. The second-order valence-corrected chi connectivity index (χ2v) is 10.4. The van der Waals surface area contributed by atoms with Crippen molar-refractivity contribution in [2.45, 2.75) is 33.4 Å². The van der Waals surface area contributed by atoms with Crippen molar-refractivity contribution in [2.75, 3.05) is 50.7 Å². The Labute approximate surface area is 232 Å². The van der Waals surface area contributed by atoms with Gasteiger partial charge < -0.3 is 14.2 Å². The Balaban J connectivity index is 1.04. The van der Waals surface area contributed by atoms with Crippen molar-refractivity contribution in [1.82, 2.24) is 15.0 Å². The summed E-state index contributed by atoms with van der Waals surface area (Å²) in [5.41, 5.74) is 5.71. The van der Waals surface area contributed by atoms with Crippen molar-refractivity contribution in [2.24, 2.45) is 0 Å². The fourth-order valence-electron chi connectivity index (χ4n) is 5.06. The van der Waals surface area contributed by atoms with E-state index in [2.05, 4.69) is 76.2 Å². The number of piperazine rings is 1. The highest BCUT2D eigenvalue weighted by Crippen LogP contribution is 2.24. The zero-order chi connectivity index (χ0) is 26.9. The minimum absolute atomic E-state index is 0.560. The number of nitrogens with zero attached hydrogens (tertiary/aromatic N) is 4. The molecule has 39 heavy (non-hydrogen) atoms. The van der Waals surface area contributed by atoms with Crippen LogP contribution in [0.25, 0.3) is 11.3 Å². The molecule has 204 valence electrons. The third-order valence-corrected chi connectivity index (χ3v) is 7.50. The molecule has 4 aromatic rings. The fourth-order valence-corrected chi connectivity index (χ4v) is 5.06. The van der Waals surface area contributed by atoms with Gasteiger partial charge in [0.2, 0.25) is 0 Å². The average Bonchev–Trinajstić information content (AvgIpc) is 3.46. The lowest BCUT2D eigenvalue weighted by molar-refractivity contribution is 0.206. The lowest BCUT2D eigenvalue weighted by Gasteiger charge is -2.36. The molecule has 0 unspecified atom stereocenters. The van der Waals surface area contributed by atoms with Crippen LogP contribution in [-0.2, 0) is 13.2 Å². The van der Waals surface area contributed by atoms with Crippen LogP contribution < -0.4 is 9.64 Å². The Morgan fingerprint density at radius 1 is 0.897 bits per heavy atom. The SMILES string of the molecule is CCN(CCCN1CCN(c2ccc(C)cc2)CC1)Cc1cc(-c2ccc(OCc3ccccc3)cc2)no1. The van der Waals surface area contributed by atoms with Crippen LogP contribution >= 0.6 is 0 Å². The van der Waals surface area contributed by atoms with Gasteiger partial charge >= 0.3 is 0 Å². The predicted molar refractivity (Wildman–Crippen MR) is 158 cm³/mol. The molecule has 1 aromatic heterocycles. The molecular formula is C33H40N4O2. The average molecular weight is 525 g/mol. The van der Waals surface area contributed by atoms with E-state index in [0.29, 0.717) is 6.61 Å². The number of benzene rings is 3. The summed E-state index contributed by atoms with van der Waals surface area (Å²) >= 11 is 0. The number of aromatic nitrogens is 1. The second-order valence-electron chi connectivity index (χ2n) is 10.4. The van der Waals surface area contributed by atoms with E-state index in [1.807, 2.05) is 42.5 Å². The van der Waals surface area contributed by atoms with Gasteiger partial charge in [-0.15, -0.1) is 0 Å². The van der Waals surface area contributed by atoms with Gasteiger partial charge in [0.15, 0.2) is 5.76 Å². The van der Waals surface area contributed by atoms with Gasteiger partial charge in [-0.25, -0.2) is 0 Å². The summed E-state index contributed by atoms with van der Waals surface area (Å²) in [6.07, 6.45) is 1.16. The van der Waals surface area contributed by atoms with E-state index < -0.39 is 0 Å². The minimum atomic E-state index is 0.560. The predicted octanol–water partition coefficient (Wildman–Crippen LogP) is 6.26. The Bertz CT molecular complexity index is 1260. The molecule has 1 aliphatic rings. The molecule has 1 fully saturated rings. The highest BCUT2D eigenvalue weighted by Gasteiger charge is 2.17. The van der Waals surface area contributed by atoms with Crippen LogP contribution in [0.15, 0.2) is 89.5 Å². The third-order valence-electron chi connectivity index (χ3n) is 7.50. The summed E-state index contributed by atoms with van der Waals surface area (Å²) in [6, 6.07) is 29.2. The zero-order valence-corrected chi connectivity index (χ0v) is 23.3. The van der Waals surface area contributed by atoms with Gasteiger partial charge in [0.25, 0.3) is 0 Å². The van der Waals surface area contributed by atoms with E-state index in [0.717, 1.165) is 87.1 Å². The standard InChI is InChI=1S/C33H40N4O2/c1-3-35(18-7-19-36-20-22-37(23-21-36)30-14-10-27(2)11-15-30)25-32-24-33(34-39-32)29-12-16-31(17-13-29)38-26-28-8-5-4-6-9-28/h4-6,8-17,24H,3,7,18-23,25-26H2,1-2H3. The van der Waals surface area contributed by atoms with Crippen LogP contribution in [0.5, 0.6) is 5.75 Å². The van der Waals surface area contributed by atoms with Gasteiger partial charge in [0.05, 0.1) is 6.54 Å². The summed E-state index contributed by atoms with van der Waals surface area (Å²) in [5, 5.41) is 4.33. The molecule has 5 rings (SSSR count). The van der Waals surface area contributed by atoms with Gasteiger partial charge in [-0.3, -0.25) is 9.80 Å². The number of rotatable bonds is 12. The van der Waals surface area contributed by atoms with Crippen molar-refractivity contribution >= 4 is 5.69 Å². The van der Waals surface area contributed by atoms with Crippen molar-refractivity contribution in [3.63, 3.8) is 0 Å². The van der Waals surface area contributed by atoms with E-state index >= 15 is 0 Å². The van der Waals surface area contributed by atoms with Crippen LogP contribution in [-0.4, -0.2) is 60.8 Å². The van der Waals surface area contributed by atoms with E-state index in [1.54, 1.807) is 0 Å². The fraction of sp³-hybridized carbons (Fsp3) is 0.364. The Kier molecular flexibility index (Phi) is 9.30. The number of hydrogen-bond acceptors (Lipinski definition) is 6. The van der Waals surface area contributed by atoms with Gasteiger partial charge in [-0.05, 0) is 74.9 Å². The van der Waals surface area contributed by atoms with Gasteiger partial charge in [0.1, 0.15) is 18.1 Å². The highest BCUT2D eigenvalue weighted by molar-refractivity contribution is 5.59. The van der Waals surface area contributed by atoms with E-state index in [9.17, 15) is 0 Å². The molecule has 0 spiro atoms. The van der Waals surface area contributed by atoms with E-state index in [-0.39, 0.29) is 0 Å². The van der Waals surface area contributed by atoms with Crippen molar-refractivity contribution in [3.8, 4) is 17.0 Å². The summed E-state index contributed by atoms with van der Waals surface area (Å²) in [4.78, 5) is 7.53. The Morgan fingerprint density at radius 2 is 1.64 bits per heavy atom. The first kappa shape index (κ1) is 27.0. The molecule has 2 heterocycles. The topological polar surface area (TPSA) is 45.0 Å². The summed E-state index contributed by atoms with van der Waals surface area (Å²) in [5.74, 6) is 1.75. The van der Waals surface area contributed by atoms with Crippen LogP contribution in [0.4, 0.5) is 5.69 Å². The van der Waals surface area contributed by atoms with E-state index in [1.165, 1.54) is 11.3 Å². The Hall–Kier alpha value is -3.61. The monoisotopic (exact) mass is 524 g/mol. The molecule has 3 aromatic carbocycles. The number of ether oxygens (including phenoxy) is 1. The normalized spacial score (nSPS) is 14.2. The second kappa shape index (κ2) is 13.5. The minimum Gasteiger partial charge on any atom is -0.489 e. The number of hydrogen-bond donors (Lipinski definition) is 0. The first-order chi connectivity index (χ1) is 19.2. The van der Waals surface area contributed by atoms with Crippen molar-refractivity contribution < 1.29 is 9.26 Å². The van der Waals surface area contributed by atoms with Gasteiger partial charge in [-0.2, -0.15) is 0 Å². The maximum atomic E-state index is 5.91. The molecule has 0 bridgehead atoms. The smallest absolute Gasteiger partial charge is 0.151 e. The van der Waals surface area contributed by atoms with Crippen LogP contribution in [0, 0.1) is 6.92 Å². The summed E-state index contributed by atoms with van der Waals surface area (Å²) in [7, 11) is 0. The first-order valence-electron chi connectivity index (χ1n) is 14.2. The Morgan fingerprint density at radius 3 is 2.36 bits per heavy atom. The molecule has 0 aliphatic carbocycles. The molecule has 0 atom stereocenters. The number of aryl methyl sites for hydroxylation is 1. The highest BCUT2D eigenvalue weighted by atomic mass is 16.5. The maximum absolute atomic E-state index is 5.91. The lowest BCUT2D eigenvalue weighted by Crippen LogP contribution is -2.47. The molecule has 6 heteroatoms. The van der Waals surface area contributed by atoms with Crippen LogP contribution in [0.1, 0.15) is 30.2 Å². The quantitative estimate of drug-likeness (QED) is 0.218. The first-order valence-corrected chi connectivity index (χ1v) is 14.2. The summed E-state index contributed by atoms with van der Waals surface area (Å²) in [6.45, 7) is 13.3. The van der Waals surface area contributed by atoms with Crippen LogP contribution in [0.2, 0.25) is 0 Å². The molecule has 1 saturated heterocycles. The molecule has 1 aliphatic heterocycles. The lowest BCUT2D eigenvalue weighted by atomic mass is 10.1. The molecule has 6 nitrogen and oxygen atoms in total. The van der Waals surface area contributed by atoms with E-state index in [4.69, 9.17) is 9.26 Å².